The number of anilines is 1. The molecule has 1 aliphatic heterocycles. The van der Waals surface area contributed by atoms with Crippen LogP contribution >= 0.6 is 0 Å². The fourth-order valence-electron chi connectivity index (χ4n) is 4.87. The van der Waals surface area contributed by atoms with Crippen molar-refractivity contribution in [3.8, 4) is 0 Å². The summed E-state index contributed by atoms with van der Waals surface area (Å²) in [5.41, 5.74) is 2.80. The summed E-state index contributed by atoms with van der Waals surface area (Å²) in [5.74, 6) is -1.10. The van der Waals surface area contributed by atoms with Crippen molar-refractivity contribution >= 4 is 36.8 Å². The number of nitrogens with one attached hydrogen (secondary N) is 1. The molecule has 1 aliphatic rings. The fraction of sp³-hybridized carbons (Fsp3) is 0.321. The van der Waals surface area contributed by atoms with E-state index >= 15 is 0 Å². The summed E-state index contributed by atoms with van der Waals surface area (Å²) in [6, 6.07) is 18.6. The van der Waals surface area contributed by atoms with Crippen LogP contribution in [0.3, 0.4) is 0 Å². The van der Waals surface area contributed by atoms with Crippen molar-refractivity contribution in [2.75, 3.05) is 36.0 Å². The van der Waals surface area contributed by atoms with Crippen molar-refractivity contribution in [3.63, 3.8) is 0 Å². The number of piperidine rings is 1. The average Bonchev–Trinajstić information content (AvgIpc) is 3.31. The summed E-state index contributed by atoms with van der Waals surface area (Å²) >= 11 is 0. The number of sulfonamides is 1. The van der Waals surface area contributed by atoms with Gasteiger partial charge in [0.05, 0.1) is 34.0 Å². The molecule has 0 spiro atoms. The third kappa shape index (κ3) is 6.68. The van der Waals surface area contributed by atoms with Crippen LogP contribution in [0.2, 0.25) is 0 Å². The predicted octanol–water partition coefficient (Wildman–Crippen LogP) is 3.97. The third-order valence-electron chi connectivity index (χ3n) is 7.17. The molecule has 0 bridgehead atoms. The highest BCUT2D eigenvalue weighted by molar-refractivity contribution is 7.94. The largest absolute Gasteiger partial charge is 0.342 e. The van der Waals surface area contributed by atoms with Crippen LogP contribution in [0.4, 0.5) is 14.7 Å². The van der Waals surface area contributed by atoms with E-state index in [-0.39, 0.29) is 23.2 Å². The summed E-state index contributed by atoms with van der Waals surface area (Å²) < 4.78 is 81.2. The molecule has 1 saturated heterocycles. The molecule has 8 nitrogen and oxygen atoms in total. The molecule has 0 unspecified atom stereocenters. The topological polar surface area (TPSA) is 101 Å². The van der Waals surface area contributed by atoms with Crippen LogP contribution in [0.15, 0.2) is 77.7 Å². The zero-order chi connectivity index (χ0) is 28.3. The molecule has 0 saturated carbocycles. The van der Waals surface area contributed by atoms with Gasteiger partial charge in [-0.2, -0.15) is 0 Å². The number of benzene rings is 3. The Morgan fingerprint density at radius 3 is 2.12 bits per heavy atom. The van der Waals surface area contributed by atoms with Crippen molar-refractivity contribution in [1.29, 1.82) is 0 Å². The first kappa shape index (κ1) is 28.2. The molecular weight excluding hydrogens is 558 g/mol. The molecule has 212 valence electrons. The monoisotopic (exact) mass is 588 g/mol. The molecule has 4 aromatic rings. The molecule has 1 N–H and O–H groups in total. The Bertz CT molecular complexity index is 1680. The molecule has 0 atom stereocenters. The normalized spacial score (nSPS) is 15.1. The van der Waals surface area contributed by atoms with Gasteiger partial charge in [0.1, 0.15) is 11.6 Å². The number of imidazole rings is 1. The zero-order valence-electron chi connectivity index (χ0n) is 21.7. The Hall–Kier alpha value is -3.35. The lowest BCUT2D eigenvalue weighted by Crippen LogP contribution is -2.40. The van der Waals surface area contributed by atoms with Crippen LogP contribution < -0.4 is 9.62 Å². The van der Waals surface area contributed by atoms with E-state index in [1.807, 2.05) is 24.3 Å². The predicted molar refractivity (Wildman–Crippen MR) is 150 cm³/mol. The number of fused-ring (bicyclic) bond motifs is 1. The number of hydrogen-bond donors (Lipinski definition) is 1. The van der Waals surface area contributed by atoms with E-state index in [0.717, 1.165) is 59.7 Å². The number of aromatic nitrogens is 2. The highest BCUT2D eigenvalue weighted by Gasteiger charge is 2.26. The number of nitrogens with zero attached hydrogens (tertiary/aromatic N) is 3. The van der Waals surface area contributed by atoms with Gasteiger partial charge in [-0.1, -0.05) is 24.3 Å². The van der Waals surface area contributed by atoms with E-state index in [2.05, 4.69) is 14.2 Å². The molecule has 1 fully saturated rings. The Morgan fingerprint density at radius 1 is 0.825 bits per heavy atom. The Morgan fingerprint density at radius 2 is 1.45 bits per heavy atom. The fourth-order valence-corrected chi connectivity index (χ4v) is 8.04. The van der Waals surface area contributed by atoms with Crippen LogP contribution in [-0.4, -0.2) is 57.5 Å². The maximum absolute atomic E-state index is 13.4. The highest BCUT2D eigenvalue weighted by atomic mass is 32.2. The minimum absolute atomic E-state index is 0.0923. The first-order valence-electron chi connectivity index (χ1n) is 13.0. The molecule has 0 aliphatic carbocycles. The quantitative estimate of drug-likeness (QED) is 0.282. The van der Waals surface area contributed by atoms with Crippen molar-refractivity contribution in [3.05, 3.63) is 90.0 Å². The van der Waals surface area contributed by atoms with Crippen LogP contribution in [0.25, 0.3) is 11.0 Å². The number of halogens is 2. The first-order valence-corrected chi connectivity index (χ1v) is 16.3. The van der Waals surface area contributed by atoms with Gasteiger partial charge in [0, 0.05) is 19.6 Å². The van der Waals surface area contributed by atoms with Gasteiger partial charge in [-0.15, -0.1) is 0 Å². The van der Waals surface area contributed by atoms with Crippen LogP contribution in [-0.2, 0) is 26.4 Å². The molecular formula is C28H30F2N4O4S2. The lowest BCUT2D eigenvalue weighted by molar-refractivity contribution is 0.397. The maximum atomic E-state index is 13.4. The van der Waals surface area contributed by atoms with Gasteiger partial charge in [-0.05, 0) is 72.9 Å². The van der Waals surface area contributed by atoms with E-state index in [9.17, 15) is 25.6 Å². The summed E-state index contributed by atoms with van der Waals surface area (Å²) in [4.78, 5) is 6.94. The molecule has 2 heterocycles. The molecule has 1 aromatic heterocycles. The van der Waals surface area contributed by atoms with Gasteiger partial charge >= 0.3 is 0 Å². The molecule has 0 radical (unpaired) electrons. The lowest BCUT2D eigenvalue weighted by atomic mass is 9.97. The van der Waals surface area contributed by atoms with Gasteiger partial charge in [-0.25, -0.2) is 35.3 Å². The van der Waals surface area contributed by atoms with Crippen LogP contribution in [0.1, 0.15) is 18.4 Å². The molecule has 40 heavy (non-hydrogen) atoms. The Kier molecular flexibility index (Phi) is 8.20. The number of para-hydroxylation sites is 2. The standard InChI is InChI=1S/C28H30F2N4O4S2/c29-23-7-5-22(6-8-23)20-34-27-4-2-1-3-26(27)32-28(34)33-15-13-21(14-16-33)19-31-40(37,38)18-17-39(35,36)25-11-9-24(30)10-12-25/h1-12,21,31H,13-20H2. The van der Waals surface area contributed by atoms with Crippen molar-refractivity contribution < 1.29 is 25.6 Å². The third-order valence-corrected chi connectivity index (χ3v) is 10.5. The van der Waals surface area contributed by atoms with Crippen molar-refractivity contribution in [2.45, 2.75) is 24.3 Å². The minimum Gasteiger partial charge on any atom is -0.342 e. The van der Waals surface area contributed by atoms with Crippen molar-refractivity contribution in [2.24, 2.45) is 5.92 Å². The molecule has 5 rings (SSSR count). The average molecular weight is 589 g/mol. The van der Waals surface area contributed by atoms with E-state index in [1.54, 1.807) is 12.1 Å². The summed E-state index contributed by atoms with van der Waals surface area (Å²) in [7, 11) is -7.67. The van der Waals surface area contributed by atoms with Crippen molar-refractivity contribution in [1.82, 2.24) is 14.3 Å². The summed E-state index contributed by atoms with van der Waals surface area (Å²) in [6.07, 6.45) is 1.46. The first-order chi connectivity index (χ1) is 19.1. The highest BCUT2D eigenvalue weighted by Crippen LogP contribution is 2.28. The Balaban J connectivity index is 1.18. The van der Waals surface area contributed by atoms with E-state index in [0.29, 0.717) is 19.6 Å². The van der Waals surface area contributed by atoms with Gasteiger partial charge in [0.15, 0.2) is 9.84 Å². The van der Waals surface area contributed by atoms with Gasteiger partial charge < -0.3 is 9.47 Å². The smallest absolute Gasteiger partial charge is 0.212 e. The zero-order valence-corrected chi connectivity index (χ0v) is 23.3. The summed E-state index contributed by atoms with van der Waals surface area (Å²) in [6.45, 7) is 2.12. The van der Waals surface area contributed by atoms with E-state index in [1.165, 1.54) is 12.1 Å². The second kappa shape index (κ2) is 11.6. The number of hydrogen-bond acceptors (Lipinski definition) is 6. The molecule has 12 heteroatoms. The second-order valence-electron chi connectivity index (χ2n) is 9.98. The van der Waals surface area contributed by atoms with E-state index < -0.39 is 37.2 Å². The van der Waals surface area contributed by atoms with Gasteiger partial charge in [-0.3, -0.25) is 0 Å². The second-order valence-corrected chi connectivity index (χ2v) is 14.0. The van der Waals surface area contributed by atoms with Crippen LogP contribution in [0, 0.1) is 17.6 Å². The molecule has 0 amide bonds. The Labute approximate surface area is 232 Å². The summed E-state index contributed by atoms with van der Waals surface area (Å²) in [5, 5.41) is 0. The molecule has 3 aromatic carbocycles. The van der Waals surface area contributed by atoms with Gasteiger partial charge in [0.25, 0.3) is 0 Å². The van der Waals surface area contributed by atoms with E-state index in [4.69, 9.17) is 4.98 Å². The SMILES string of the molecule is O=S(=O)(CCS(=O)(=O)c1ccc(F)cc1)NCC1CCN(c2nc3ccccc3n2Cc2ccc(F)cc2)CC1. The minimum atomic E-state index is -3.85. The van der Waals surface area contributed by atoms with Crippen LogP contribution in [0.5, 0.6) is 0 Å². The lowest BCUT2D eigenvalue weighted by Gasteiger charge is -2.33. The maximum Gasteiger partial charge on any atom is 0.212 e. The van der Waals surface area contributed by atoms with Gasteiger partial charge in [0.2, 0.25) is 16.0 Å². The number of rotatable bonds is 10. The number of sulfone groups is 1.